The Balaban J connectivity index is 1.74. The van der Waals surface area contributed by atoms with Gasteiger partial charge in [-0.25, -0.2) is 4.39 Å². The molecule has 0 radical (unpaired) electrons. The van der Waals surface area contributed by atoms with Crippen LogP contribution in [0.15, 0.2) is 90.8 Å². The van der Waals surface area contributed by atoms with Crippen LogP contribution in [0.1, 0.15) is 30.9 Å². The lowest BCUT2D eigenvalue weighted by Gasteiger charge is -2.20. The molecule has 1 atom stereocenters. The van der Waals surface area contributed by atoms with Gasteiger partial charge in [-0.15, -0.1) is 0 Å². The normalized spacial score (nSPS) is 12.8. The zero-order valence-corrected chi connectivity index (χ0v) is 16.9. The van der Waals surface area contributed by atoms with E-state index in [4.69, 9.17) is 16.3 Å². The largest absolute Gasteiger partial charge is 0.457 e. The summed E-state index contributed by atoms with van der Waals surface area (Å²) in [5.74, 6) is 1.28. The molecule has 0 spiro atoms. The SMILES string of the molecule is CC(C)C(/C(F)=C/Cc1cccc(Oc2ccccc2)c1)c1ccc(Cl)cc1. The van der Waals surface area contributed by atoms with E-state index >= 15 is 4.39 Å². The van der Waals surface area contributed by atoms with Gasteiger partial charge in [0.15, 0.2) is 0 Å². The van der Waals surface area contributed by atoms with Crippen LogP contribution in [0.2, 0.25) is 5.02 Å². The predicted octanol–water partition coefficient (Wildman–Crippen LogP) is 7.97. The zero-order chi connectivity index (χ0) is 19.9. The van der Waals surface area contributed by atoms with E-state index in [0.717, 1.165) is 22.6 Å². The lowest BCUT2D eigenvalue weighted by molar-refractivity contribution is 0.452. The second-order valence-electron chi connectivity index (χ2n) is 7.13. The standard InChI is InChI=1S/C25H24ClFO/c1-18(2)25(20-12-14-21(26)15-13-20)24(27)16-11-19-7-6-10-23(17-19)28-22-8-4-3-5-9-22/h3-10,12-18,25H,11H2,1-2H3/b24-16-. The van der Waals surface area contributed by atoms with Crippen molar-refractivity contribution in [2.75, 3.05) is 0 Å². The molecule has 0 aliphatic carbocycles. The molecule has 0 saturated heterocycles. The molecular formula is C25H24ClFO. The number of hydrogen-bond donors (Lipinski definition) is 0. The number of halogens is 2. The third-order valence-electron chi connectivity index (χ3n) is 4.60. The van der Waals surface area contributed by atoms with Crippen LogP contribution >= 0.6 is 11.6 Å². The maximum absolute atomic E-state index is 15.0. The molecule has 1 nitrogen and oxygen atoms in total. The van der Waals surface area contributed by atoms with Gasteiger partial charge >= 0.3 is 0 Å². The van der Waals surface area contributed by atoms with Gasteiger partial charge in [0, 0.05) is 10.9 Å². The second kappa shape index (κ2) is 9.57. The van der Waals surface area contributed by atoms with Gasteiger partial charge in [0.05, 0.1) is 0 Å². The monoisotopic (exact) mass is 394 g/mol. The van der Waals surface area contributed by atoms with Crippen molar-refractivity contribution in [2.45, 2.75) is 26.2 Å². The van der Waals surface area contributed by atoms with Gasteiger partial charge in [0.2, 0.25) is 0 Å². The molecular weight excluding hydrogens is 371 g/mol. The first-order valence-electron chi connectivity index (χ1n) is 9.46. The minimum absolute atomic E-state index is 0.119. The summed E-state index contributed by atoms with van der Waals surface area (Å²) in [6.07, 6.45) is 2.18. The van der Waals surface area contributed by atoms with Crippen LogP contribution in [0.4, 0.5) is 4.39 Å². The molecule has 0 N–H and O–H groups in total. The quantitative estimate of drug-likeness (QED) is 0.394. The third kappa shape index (κ3) is 5.46. The van der Waals surface area contributed by atoms with Crippen LogP contribution in [0.5, 0.6) is 11.5 Å². The van der Waals surface area contributed by atoms with Gasteiger partial charge in [-0.3, -0.25) is 0 Å². The molecule has 0 saturated carbocycles. The summed E-state index contributed by atoms with van der Waals surface area (Å²) in [6, 6.07) is 24.8. The molecule has 144 valence electrons. The predicted molar refractivity (Wildman–Crippen MR) is 115 cm³/mol. The molecule has 0 aliphatic rings. The maximum Gasteiger partial charge on any atom is 0.127 e. The van der Waals surface area contributed by atoms with Crippen LogP contribution in [-0.2, 0) is 6.42 Å². The lowest BCUT2D eigenvalue weighted by Crippen LogP contribution is -2.08. The Labute approximate surface area is 171 Å². The van der Waals surface area contributed by atoms with Crippen molar-refractivity contribution in [3.05, 3.63) is 107 Å². The Morgan fingerprint density at radius 2 is 1.61 bits per heavy atom. The van der Waals surface area contributed by atoms with Crippen LogP contribution in [0, 0.1) is 5.92 Å². The highest BCUT2D eigenvalue weighted by atomic mass is 35.5. The van der Waals surface area contributed by atoms with E-state index in [9.17, 15) is 0 Å². The van der Waals surface area contributed by atoms with Crippen molar-refractivity contribution in [2.24, 2.45) is 5.92 Å². The minimum Gasteiger partial charge on any atom is -0.457 e. The highest BCUT2D eigenvalue weighted by molar-refractivity contribution is 6.30. The highest BCUT2D eigenvalue weighted by Gasteiger charge is 2.20. The van der Waals surface area contributed by atoms with Crippen LogP contribution in [-0.4, -0.2) is 0 Å². The summed E-state index contributed by atoms with van der Waals surface area (Å²) in [5, 5.41) is 0.658. The Kier molecular flexibility index (Phi) is 6.89. The van der Waals surface area contributed by atoms with Gasteiger partial charge in [0.25, 0.3) is 0 Å². The maximum atomic E-state index is 15.0. The summed E-state index contributed by atoms with van der Waals surface area (Å²) in [6.45, 7) is 4.06. The van der Waals surface area contributed by atoms with Gasteiger partial charge in [0.1, 0.15) is 17.3 Å². The van der Waals surface area contributed by atoms with E-state index in [1.807, 2.05) is 92.7 Å². The minimum atomic E-state index is -0.277. The number of para-hydroxylation sites is 1. The van der Waals surface area contributed by atoms with Crippen molar-refractivity contribution >= 4 is 11.6 Å². The summed E-state index contributed by atoms with van der Waals surface area (Å²) < 4.78 is 20.9. The molecule has 3 aromatic rings. The molecule has 3 heteroatoms. The number of benzene rings is 3. The number of rotatable bonds is 7. The summed E-state index contributed by atoms with van der Waals surface area (Å²) in [5.41, 5.74) is 1.94. The average molecular weight is 395 g/mol. The summed E-state index contributed by atoms with van der Waals surface area (Å²) in [4.78, 5) is 0. The van der Waals surface area contributed by atoms with Gasteiger partial charge in [-0.05, 0) is 65.9 Å². The Hall–Kier alpha value is -2.58. The van der Waals surface area contributed by atoms with Gasteiger partial charge < -0.3 is 4.74 Å². The van der Waals surface area contributed by atoms with E-state index in [1.165, 1.54) is 0 Å². The van der Waals surface area contributed by atoms with E-state index in [-0.39, 0.29) is 17.7 Å². The fourth-order valence-corrected chi connectivity index (χ4v) is 3.36. The van der Waals surface area contributed by atoms with Crippen molar-refractivity contribution < 1.29 is 9.13 Å². The Morgan fingerprint density at radius 3 is 2.29 bits per heavy atom. The molecule has 0 fully saturated rings. The molecule has 0 bridgehead atoms. The first-order chi connectivity index (χ1) is 13.5. The molecule has 3 rings (SSSR count). The van der Waals surface area contributed by atoms with Crippen LogP contribution in [0.3, 0.4) is 0 Å². The van der Waals surface area contributed by atoms with Crippen LogP contribution < -0.4 is 4.74 Å². The fourth-order valence-electron chi connectivity index (χ4n) is 3.24. The van der Waals surface area contributed by atoms with Crippen molar-refractivity contribution in [1.29, 1.82) is 0 Å². The van der Waals surface area contributed by atoms with Gasteiger partial charge in [-0.1, -0.05) is 67.9 Å². The highest BCUT2D eigenvalue weighted by Crippen LogP contribution is 2.33. The van der Waals surface area contributed by atoms with E-state index in [0.29, 0.717) is 11.4 Å². The first kappa shape index (κ1) is 20.2. The second-order valence-corrected chi connectivity index (χ2v) is 7.57. The van der Waals surface area contributed by atoms with Gasteiger partial charge in [-0.2, -0.15) is 0 Å². The summed E-state index contributed by atoms with van der Waals surface area (Å²) >= 11 is 5.97. The summed E-state index contributed by atoms with van der Waals surface area (Å²) in [7, 11) is 0. The molecule has 1 unspecified atom stereocenters. The fraction of sp³-hybridized carbons (Fsp3) is 0.200. The Bertz CT molecular complexity index is 917. The molecule has 0 aliphatic heterocycles. The average Bonchev–Trinajstić information content (AvgIpc) is 2.69. The molecule has 0 amide bonds. The van der Waals surface area contributed by atoms with Crippen molar-refractivity contribution in [3.63, 3.8) is 0 Å². The van der Waals surface area contributed by atoms with E-state index < -0.39 is 0 Å². The smallest absolute Gasteiger partial charge is 0.127 e. The molecule has 0 heterocycles. The van der Waals surface area contributed by atoms with E-state index in [2.05, 4.69) is 0 Å². The lowest BCUT2D eigenvalue weighted by atomic mass is 9.87. The topological polar surface area (TPSA) is 9.23 Å². The van der Waals surface area contributed by atoms with Crippen molar-refractivity contribution in [1.82, 2.24) is 0 Å². The Morgan fingerprint density at radius 1 is 0.929 bits per heavy atom. The molecule has 28 heavy (non-hydrogen) atoms. The molecule has 3 aromatic carbocycles. The number of allylic oxidation sites excluding steroid dienone is 2. The third-order valence-corrected chi connectivity index (χ3v) is 4.85. The first-order valence-corrected chi connectivity index (χ1v) is 9.83. The number of ether oxygens (including phenoxy) is 1. The zero-order valence-electron chi connectivity index (χ0n) is 16.1. The van der Waals surface area contributed by atoms with E-state index in [1.54, 1.807) is 6.08 Å². The van der Waals surface area contributed by atoms with Crippen LogP contribution in [0.25, 0.3) is 0 Å². The molecule has 0 aromatic heterocycles. The number of hydrogen-bond acceptors (Lipinski definition) is 1. The van der Waals surface area contributed by atoms with Crippen molar-refractivity contribution in [3.8, 4) is 11.5 Å².